The van der Waals surface area contributed by atoms with Crippen LogP contribution in [-0.4, -0.2) is 25.8 Å². The average Bonchev–Trinajstić information content (AvgIpc) is 2.62. The first-order chi connectivity index (χ1) is 12.0. The molecule has 0 aromatic heterocycles. The summed E-state index contributed by atoms with van der Waals surface area (Å²) < 4.78 is 13.4. The molecule has 1 fully saturated rings. The summed E-state index contributed by atoms with van der Waals surface area (Å²) in [5.41, 5.74) is -0.432. The lowest BCUT2D eigenvalue weighted by atomic mass is 9.54. The molecule has 0 spiro atoms. The van der Waals surface area contributed by atoms with Gasteiger partial charge in [-0.3, -0.25) is 0 Å². The van der Waals surface area contributed by atoms with Crippen molar-refractivity contribution in [3.05, 3.63) is 47.3 Å². The van der Waals surface area contributed by atoms with E-state index in [4.69, 9.17) is 5.41 Å². The lowest BCUT2D eigenvalue weighted by Crippen LogP contribution is -3.10. The molecule has 5 nitrogen and oxygen atoms in total. The van der Waals surface area contributed by atoms with Crippen LogP contribution in [0.2, 0.25) is 0 Å². The number of quaternary nitrogens is 1. The van der Waals surface area contributed by atoms with Crippen molar-refractivity contribution in [2.24, 2.45) is 17.3 Å². The van der Waals surface area contributed by atoms with Crippen LogP contribution in [0.15, 0.2) is 35.9 Å². The first kappa shape index (κ1) is 16.8. The SMILES string of the molecule is C[NH+]1CC=C2C(C#N)C(=N)C(C#N)(C#N)[C@H](c3ccc(F)cc3)[C@H]2C1. The maximum Gasteiger partial charge on any atom is 0.189 e. The highest BCUT2D eigenvalue weighted by Gasteiger charge is 2.58. The van der Waals surface area contributed by atoms with Gasteiger partial charge in [0.1, 0.15) is 11.7 Å². The number of hydrogen-bond donors (Lipinski definition) is 2. The molecule has 1 saturated carbocycles. The molecule has 2 unspecified atom stereocenters. The van der Waals surface area contributed by atoms with Crippen LogP contribution >= 0.6 is 0 Å². The van der Waals surface area contributed by atoms with Crippen LogP contribution in [-0.2, 0) is 0 Å². The predicted molar refractivity (Wildman–Crippen MR) is 87.8 cm³/mol. The van der Waals surface area contributed by atoms with Crippen LogP contribution in [0.25, 0.3) is 0 Å². The highest BCUT2D eigenvalue weighted by atomic mass is 19.1. The maximum absolute atomic E-state index is 13.4. The normalized spacial score (nSPS) is 30.2. The molecular formula is C19H17FN5+. The Morgan fingerprint density at radius 3 is 2.40 bits per heavy atom. The summed E-state index contributed by atoms with van der Waals surface area (Å²) in [6.07, 6.45) is 1.96. The Hall–Kier alpha value is -3.01. The highest BCUT2D eigenvalue weighted by Crippen LogP contribution is 2.52. The van der Waals surface area contributed by atoms with Crippen molar-refractivity contribution in [3.8, 4) is 18.2 Å². The van der Waals surface area contributed by atoms with Crippen molar-refractivity contribution in [3.63, 3.8) is 0 Å². The van der Waals surface area contributed by atoms with E-state index in [1.165, 1.54) is 17.0 Å². The fourth-order valence-electron chi connectivity index (χ4n) is 4.10. The Morgan fingerprint density at radius 2 is 1.84 bits per heavy atom. The average molecular weight is 334 g/mol. The molecule has 3 rings (SSSR count). The zero-order chi connectivity index (χ0) is 18.2. The van der Waals surface area contributed by atoms with Crippen molar-refractivity contribution in [2.75, 3.05) is 20.1 Å². The minimum Gasteiger partial charge on any atom is -0.334 e. The van der Waals surface area contributed by atoms with Gasteiger partial charge in [-0.05, 0) is 29.3 Å². The van der Waals surface area contributed by atoms with E-state index in [9.17, 15) is 20.2 Å². The second-order valence-electron chi connectivity index (χ2n) is 6.71. The molecule has 6 heteroatoms. The molecule has 0 bridgehead atoms. The van der Waals surface area contributed by atoms with E-state index in [2.05, 4.69) is 6.07 Å². The highest BCUT2D eigenvalue weighted by molar-refractivity contribution is 6.00. The molecule has 1 aromatic rings. The fourth-order valence-corrected chi connectivity index (χ4v) is 4.10. The van der Waals surface area contributed by atoms with Gasteiger partial charge < -0.3 is 10.3 Å². The van der Waals surface area contributed by atoms with Gasteiger partial charge in [-0.25, -0.2) is 4.39 Å². The molecule has 25 heavy (non-hydrogen) atoms. The number of benzene rings is 1. The van der Waals surface area contributed by atoms with Crippen LogP contribution in [0.5, 0.6) is 0 Å². The molecule has 124 valence electrons. The zero-order valence-corrected chi connectivity index (χ0v) is 13.8. The van der Waals surface area contributed by atoms with Gasteiger partial charge in [0.25, 0.3) is 0 Å². The van der Waals surface area contributed by atoms with E-state index >= 15 is 0 Å². The number of rotatable bonds is 1. The monoisotopic (exact) mass is 334 g/mol. The smallest absolute Gasteiger partial charge is 0.189 e. The van der Waals surface area contributed by atoms with Gasteiger partial charge >= 0.3 is 0 Å². The van der Waals surface area contributed by atoms with Crippen LogP contribution < -0.4 is 4.90 Å². The summed E-state index contributed by atoms with van der Waals surface area (Å²) >= 11 is 0. The van der Waals surface area contributed by atoms with Gasteiger partial charge in [0, 0.05) is 11.8 Å². The summed E-state index contributed by atoms with van der Waals surface area (Å²) in [6.45, 7) is 1.39. The Labute approximate surface area is 145 Å². The van der Waals surface area contributed by atoms with Crippen LogP contribution in [0, 0.1) is 62.5 Å². The number of hydrogen-bond acceptors (Lipinski definition) is 4. The minimum absolute atomic E-state index is 0.170. The molecule has 0 saturated heterocycles. The Morgan fingerprint density at radius 1 is 1.20 bits per heavy atom. The van der Waals surface area contributed by atoms with Gasteiger partial charge in [-0.1, -0.05) is 12.1 Å². The number of likely N-dealkylation sites (N-methyl/N-ethyl adjacent to an activating group) is 1. The third-order valence-electron chi connectivity index (χ3n) is 5.31. The van der Waals surface area contributed by atoms with Crippen molar-refractivity contribution in [2.45, 2.75) is 5.92 Å². The van der Waals surface area contributed by atoms with E-state index in [1.54, 1.807) is 12.1 Å². The van der Waals surface area contributed by atoms with Crippen molar-refractivity contribution in [1.82, 2.24) is 0 Å². The largest absolute Gasteiger partial charge is 0.334 e. The molecule has 1 aromatic carbocycles. The van der Waals surface area contributed by atoms with E-state index in [0.29, 0.717) is 12.1 Å². The summed E-state index contributed by atoms with van der Waals surface area (Å²) in [6, 6.07) is 11.9. The second-order valence-corrected chi connectivity index (χ2v) is 6.71. The Bertz CT molecular complexity index is 851. The predicted octanol–water partition coefficient (Wildman–Crippen LogP) is 1.19. The van der Waals surface area contributed by atoms with Gasteiger partial charge in [-0.2, -0.15) is 15.8 Å². The summed E-state index contributed by atoms with van der Waals surface area (Å²) in [5, 5.41) is 37.7. The topological polar surface area (TPSA) is 99.7 Å². The van der Waals surface area contributed by atoms with Crippen molar-refractivity contribution in [1.29, 1.82) is 21.2 Å². The lowest BCUT2D eigenvalue weighted by Gasteiger charge is -2.45. The Balaban J connectivity index is 2.25. The number of fused-ring (bicyclic) bond motifs is 1. The quantitative estimate of drug-likeness (QED) is 0.754. The number of nitrogens with zero attached hydrogens (tertiary/aromatic N) is 3. The van der Waals surface area contributed by atoms with Crippen LogP contribution in [0.1, 0.15) is 11.5 Å². The molecule has 4 atom stereocenters. The van der Waals surface area contributed by atoms with Crippen molar-refractivity contribution >= 4 is 5.71 Å². The molecule has 2 N–H and O–H groups in total. The van der Waals surface area contributed by atoms with Crippen LogP contribution in [0.3, 0.4) is 0 Å². The third kappa shape index (κ3) is 2.41. The number of nitrogens with one attached hydrogen (secondary N) is 2. The minimum atomic E-state index is -1.72. The standard InChI is InChI=1S/C19H16FN5/c1-25-7-6-14-15(8-21)18(24)19(10-22,11-23)17(16(14)9-25)12-2-4-13(20)5-3-12/h2-6,15-17,24H,7,9H2,1H3/p+1/t15?,16-,17+/m0/s1. The fraction of sp³-hybridized carbons (Fsp3) is 0.368. The van der Waals surface area contributed by atoms with E-state index < -0.39 is 23.1 Å². The van der Waals surface area contributed by atoms with Crippen LogP contribution in [0.4, 0.5) is 4.39 Å². The second kappa shape index (κ2) is 6.13. The summed E-state index contributed by atoms with van der Waals surface area (Å²) in [5.74, 6) is -2.06. The number of nitriles is 3. The molecule has 2 aliphatic rings. The summed E-state index contributed by atoms with van der Waals surface area (Å²) in [7, 11) is 2.01. The number of halogens is 1. The van der Waals surface area contributed by atoms with E-state index in [0.717, 1.165) is 12.1 Å². The Kier molecular flexibility index (Phi) is 4.13. The molecule has 0 amide bonds. The maximum atomic E-state index is 13.4. The third-order valence-corrected chi connectivity index (χ3v) is 5.31. The lowest BCUT2D eigenvalue weighted by molar-refractivity contribution is -0.878. The molecule has 1 heterocycles. The molecule has 1 aliphatic heterocycles. The van der Waals surface area contributed by atoms with Crippen molar-refractivity contribution < 1.29 is 9.29 Å². The molecule has 0 radical (unpaired) electrons. The van der Waals surface area contributed by atoms with Gasteiger partial charge in [-0.15, -0.1) is 0 Å². The first-order valence-electron chi connectivity index (χ1n) is 8.06. The molecule has 1 aliphatic carbocycles. The van der Waals surface area contributed by atoms with Gasteiger partial charge in [0.15, 0.2) is 5.41 Å². The first-order valence-corrected chi connectivity index (χ1v) is 8.06. The summed E-state index contributed by atoms with van der Waals surface area (Å²) in [4.78, 5) is 1.20. The van der Waals surface area contributed by atoms with Gasteiger partial charge in [0.05, 0.1) is 44.1 Å². The zero-order valence-electron chi connectivity index (χ0n) is 13.8. The van der Waals surface area contributed by atoms with E-state index in [1.807, 2.05) is 25.3 Å². The van der Waals surface area contributed by atoms with Gasteiger partial charge in [0.2, 0.25) is 0 Å². The van der Waals surface area contributed by atoms with E-state index in [-0.39, 0.29) is 11.6 Å². The molecular weight excluding hydrogens is 317 g/mol.